The van der Waals surface area contributed by atoms with Crippen molar-refractivity contribution in [2.75, 3.05) is 9.80 Å². The number of rotatable bonds is 8. The van der Waals surface area contributed by atoms with E-state index in [1.807, 2.05) is 12.1 Å². The number of halogens is 1. The fourth-order valence-corrected chi connectivity index (χ4v) is 8.51. The second-order valence-corrected chi connectivity index (χ2v) is 15.8. The molecule has 57 heavy (non-hydrogen) atoms. The molecule has 0 amide bonds. The van der Waals surface area contributed by atoms with Crippen LogP contribution in [0, 0.1) is 27.7 Å². The molecule has 0 atom stereocenters. The smallest absolute Gasteiger partial charge is 0.141 e. The number of hydrogen-bond donors (Lipinski definition) is 0. The quantitative estimate of drug-likeness (QED) is 0.113. The Hall–Kier alpha value is -6.24. The van der Waals surface area contributed by atoms with Gasteiger partial charge in [-0.1, -0.05) is 113 Å². The lowest BCUT2D eigenvalue weighted by atomic mass is 9.68. The minimum atomic E-state index is -0.729. The molecule has 6 aromatic carbocycles. The third kappa shape index (κ3) is 6.54. The van der Waals surface area contributed by atoms with Gasteiger partial charge >= 0.3 is 0 Å². The molecule has 1 aliphatic rings. The summed E-state index contributed by atoms with van der Waals surface area (Å²) in [5.74, 6) is 0. The Bertz CT molecular complexity index is 2430. The molecule has 0 saturated heterocycles. The van der Waals surface area contributed by atoms with Gasteiger partial charge in [-0.15, -0.1) is 0 Å². The lowest BCUT2D eigenvalue weighted by molar-refractivity contribution is 0.764. The van der Waals surface area contributed by atoms with Gasteiger partial charge in [0.15, 0.2) is 0 Å². The summed E-state index contributed by atoms with van der Waals surface area (Å²) >= 11 is 3.66. The number of nitrogens with zero attached hydrogens (tertiary/aromatic N) is 4. The van der Waals surface area contributed by atoms with Crippen LogP contribution >= 0.6 is 15.9 Å². The van der Waals surface area contributed by atoms with Gasteiger partial charge in [-0.25, -0.2) is 4.98 Å². The summed E-state index contributed by atoms with van der Waals surface area (Å²) in [4.78, 5) is 14.6. The van der Waals surface area contributed by atoms with Crippen LogP contribution in [0.15, 0.2) is 174 Å². The average Bonchev–Trinajstić information content (AvgIpc) is 3.50. The van der Waals surface area contributed by atoms with Crippen LogP contribution in [0.2, 0.25) is 0 Å². The predicted octanol–water partition coefficient (Wildman–Crippen LogP) is 12.6. The Morgan fingerprint density at radius 1 is 0.386 bits per heavy atom. The van der Waals surface area contributed by atoms with E-state index >= 15 is 0 Å². The number of aromatic nitrogens is 2. The molecule has 0 fully saturated rings. The van der Waals surface area contributed by atoms with Crippen molar-refractivity contribution in [2.24, 2.45) is 0 Å². The number of benzene rings is 6. The Kier molecular flexibility index (Phi) is 9.38. The largest absolute Gasteiger partial charge is 0.311 e. The van der Waals surface area contributed by atoms with Crippen LogP contribution in [0.5, 0.6) is 0 Å². The first kappa shape index (κ1) is 36.4. The number of hydrogen-bond acceptors (Lipinski definition) is 4. The third-order valence-electron chi connectivity index (χ3n) is 11.1. The van der Waals surface area contributed by atoms with Crippen molar-refractivity contribution in [1.29, 1.82) is 0 Å². The lowest BCUT2D eigenvalue weighted by Crippen LogP contribution is -2.29. The van der Waals surface area contributed by atoms with E-state index < -0.39 is 5.41 Å². The molecule has 0 saturated carbocycles. The van der Waals surface area contributed by atoms with Crippen molar-refractivity contribution in [1.82, 2.24) is 9.97 Å². The molecular formula is C51H40BBrN4. The minimum Gasteiger partial charge on any atom is -0.311 e. The number of aryl methyl sites for hydroxylation is 4. The maximum atomic E-state index is 6.39. The molecule has 274 valence electrons. The van der Waals surface area contributed by atoms with Crippen molar-refractivity contribution >= 4 is 63.5 Å². The maximum absolute atomic E-state index is 6.39. The predicted molar refractivity (Wildman–Crippen MR) is 241 cm³/mol. The van der Waals surface area contributed by atoms with Gasteiger partial charge in [0, 0.05) is 34.1 Å². The zero-order valence-corrected chi connectivity index (χ0v) is 34.0. The zero-order chi connectivity index (χ0) is 39.3. The Morgan fingerprint density at radius 3 is 1.04 bits per heavy atom. The van der Waals surface area contributed by atoms with E-state index in [2.05, 4.69) is 211 Å². The molecular weight excluding hydrogens is 759 g/mol. The van der Waals surface area contributed by atoms with Gasteiger partial charge in [-0.3, -0.25) is 4.98 Å². The first-order valence-corrected chi connectivity index (χ1v) is 20.0. The summed E-state index contributed by atoms with van der Waals surface area (Å²) in [5, 5.41) is 0. The molecule has 0 spiro atoms. The van der Waals surface area contributed by atoms with Crippen LogP contribution in [0.1, 0.15) is 44.5 Å². The summed E-state index contributed by atoms with van der Waals surface area (Å²) in [6.07, 6.45) is 0. The molecule has 8 aromatic rings. The van der Waals surface area contributed by atoms with Crippen LogP contribution in [0.3, 0.4) is 0 Å². The molecule has 2 radical (unpaired) electrons. The van der Waals surface area contributed by atoms with Gasteiger partial charge in [0.1, 0.15) is 12.4 Å². The summed E-state index contributed by atoms with van der Waals surface area (Å²) in [7, 11) is 6.39. The molecule has 1 aliphatic carbocycles. The Balaban J connectivity index is 1.23. The molecule has 0 bridgehead atoms. The van der Waals surface area contributed by atoms with Crippen molar-refractivity contribution in [3.63, 3.8) is 0 Å². The SMILES string of the molecule is [B]c1ccc2c(n1)-c1nc(Br)ccc1C2(c1ccc(N(c2ccc(C)cc2)c2ccc(C)cc2)cc1)c1ccc(N(c2ccc(C)cc2)c2ccc(C)cc2)cc1. The first-order chi connectivity index (χ1) is 27.7. The number of anilines is 6. The number of pyridine rings is 2. The van der Waals surface area contributed by atoms with Gasteiger partial charge < -0.3 is 9.80 Å². The fourth-order valence-electron chi connectivity index (χ4n) is 8.20. The standard InChI is InChI=1S/C51H40BBrN4/c1-33-5-17-39(18-6-33)56(40-19-7-34(2)8-20-40)43-25-13-37(14-26-43)51(45-29-31-47(52)54-49(45)50-46(51)30-32-48(53)55-50)38-15-27-44(28-16-38)57(41-21-9-35(3)10-22-41)42-23-11-36(4)12-24-42/h5-32H,1-4H3. The third-order valence-corrected chi connectivity index (χ3v) is 11.5. The van der Waals surface area contributed by atoms with Crippen molar-refractivity contribution in [3.05, 3.63) is 219 Å². The van der Waals surface area contributed by atoms with E-state index in [0.717, 1.165) is 72.4 Å². The summed E-state index contributed by atoms with van der Waals surface area (Å²) in [6, 6.07) is 61.0. The van der Waals surface area contributed by atoms with E-state index in [1.165, 1.54) is 22.3 Å². The molecule has 0 N–H and O–H groups in total. The monoisotopic (exact) mass is 798 g/mol. The van der Waals surface area contributed by atoms with Crippen molar-refractivity contribution < 1.29 is 0 Å². The van der Waals surface area contributed by atoms with Crippen molar-refractivity contribution in [2.45, 2.75) is 33.1 Å². The molecule has 4 nitrogen and oxygen atoms in total. The normalized spacial score (nSPS) is 12.5. The van der Waals surface area contributed by atoms with Crippen LogP contribution < -0.4 is 15.4 Å². The highest BCUT2D eigenvalue weighted by Crippen LogP contribution is 2.55. The highest BCUT2D eigenvalue weighted by Gasteiger charge is 2.48. The van der Waals surface area contributed by atoms with Gasteiger partial charge in [0.05, 0.1) is 16.8 Å². The molecule has 0 aliphatic heterocycles. The average molecular weight is 800 g/mol. The molecule has 2 heterocycles. The summed E-state index contributed by atoms with van der Waals surface area (Å²) in [6.45, 7) is 8.49. The second kappa shape index (κ2) is 14.7. The molecule has 6 heteroatoms. The van der Waals surface area contributed by atoms with Crippen molar-refractivity contribution in [3.8, 4) is 11.4 Å². The Labute approximate surface area is 345 Å². The van der Waals surface area contributed by atoms with E-state index in [0.29, 0.717) is 5.59 Å². The van der Waals surface area contributed by atoms with Crippen LogP contribution in [0.25, 0.3) is 11.4 Å². The van der Waals surface area contributed by atoms with Gasteiger partial charge in [0.2, 0.25) is 0 Å². The molecule has 2 aromatic heterocycles. The van der Waals surface area contributed by atoms with E-state index in [4.69, 9.17) is 17.8 Å². The van der Waals surface area contributed by atoms with Gasteiger partial charge in [0.25, 0.3) is 0 Å². The lowest BCUT2D eigenvalue weighted by Gasteiger charge is -2.34. The Morgan fingerprint density at radius 2 is 0.684 bits per heavy atom. The topological polar surface area (TPSA) is 32.3 Å². The maximum Gasteiger partial charge on any atom is 0.141 e. The van der Waals surface area contributed by atoms with E-state index in [1.54, 1.807) is 0 Å². The molecule has 9 rings (SSSR count). The highest BCUT2D eigenvalue weighted by atomic mass is 79.9. The van der Waals surface area contributed by atoms with Gasteiger partial charge in [-0.05, 0) is 150 Å². The van der Waals surface area contributed by atoms with Crippen LogP contribution in [0.4, 0.5) is 34.1 Å². The zero-order valence-electron chi connectivity index (χ0n) is 32.4. The number of fused-ring (bicyclic) bond motifs is 3. The van der Waals surface area contributed by atoms with Crippen LogP contribution in [-0.4, -0.2) is 17.8 Å². The van der Waals surface area contributed by atoms with E-state index in [-0.39, 0.29) is 0 Å². The summed E-state index contributed by atoms with van der Waals surface area (Å²) in [5.41, 5.74) is 17.1. The van der Waals surface area contributed by atoms with Crippen LogP contribution in [-0.2, 0) is 5.41 Å². The second-order valence-electron chi connectivity index (χ2n) is 15.0. The fraction of sp³-hybridized carbons (Fsp3) is 0.0980. The van der Waals surface area contributed by atoms with Gasteiger partial charge in [-0.2, -0.15) is 0 Å². The summed E-state index contributed by atoms with van der Waals surface area (Å²) < 4.78 is 0.747. The molecule has 0 unspecified atom stereocenters. The first-order valence-electron chi connectivity index (χ1n) is 19.2. The highest BCUT2D eigenvalue weighted by molar-refractivity contribution is 9.10. The minimum absolute atomic E-state index is 0.460. The van der Waals surface area contributed by atoms with E-state index in [9.17, 15) is 0 Å².